The molecule has 0 amide bonds. The summed E-state index contributed by atoms with van der Waals surface area (Å²) in [7, 11) is 0. The molecule has 0 aromatic rings. The minimum Gasteiger partial charge on any atom is -0.393 e. The highest BCUT2D eigenvalue weighted by atomic mass is 16.3. The summed E-state index contributed by atoms with van der Waals surface area (Å²) in [5.41, 5.74) is 0. The molecule has 15 heavy (non-hydrogen) atoms. The molecular weight excluding hydrogens is 186 g/mol. The zero-order chi connectivity index (χ0) is 11.3. The van der Waals surface area contributed by atoms with E-state index in [1.807, 2.05) is 0 Å². The molecule has 90 valence electrons. The summed E-state index contributed by atoms with van der Waals surface area (Å²) in [4.78, 5) is 0. The van der Waals surface area contributed by atoms with Gasteiger partial charge in [0.2, 0.25) is 0 Å². The molecule has 2 N–H and O–H groups in total. The van der Waals surface area contributed by atoms with Crippen LogP contribution in [-0.4, -0.2) is 23.8 Å². The van der Waals surface area contributed by atoms with Crippen molar-refractivity contribution in [2.24, 2.45) is 11.8 Å². The van der Waals surface area contributed by atoms with Crippen molar-refractivity contribution >= 4 is 0 Å². The Balaban J connectivity index is 2.17. The van der Waals surface area contributed by atoms with E-state index < -0.39 is 0 Å². The predicted octanol–water partition coefficient (Wildman–Crippen LogP) is 2.56. The van der Waals surface area contributed by atoms with Gasteiger partial charge in [0.1, 0.15) is 0 Å². The fraction of sp³-hybridized carbons (Fsp3) is 1.00. The molecular formula is C13H27NO. The van der Waals surface area contributed by atoms with E-state index in [9.17, 15) is 5.11 Å². The molecule has 1 rings (SSSR count). The van der Waals surface area contributed by atoms with Crippen molar-refractivity contribution in [2.45, 2.75) is 65.0 Å². The van der Waals surface area contributed by atoms with Crippen molar-refractivity contribution in [3.05, 3.63) is 0 Å². The largest absolute Gasteiger partial charge is 0.393 e. The number of hydrogen-bond donors (Lipinski definition) is 2. The van der Waals surface area contributed by atoms with E-state index in [0.717, 1.165) is 18.9 Å². The molecule has 1 aliphatic rings. The van der Waals surface area contributed by atoms with Crippen molar-refractivity contribution < 1.29 is 5.11 Å². The highest BCUT2D eigenvalue weighted by molar-refractivity contribution is 4.77. The van der Waals surface area contributed by atoms with E-state index in [4.69, 9.17) is 0 Å². The molecule has 1 saturated carbocycles. The van der Waals surface area contributed by atoms with Gasteiger partial charge in [-0.15, -0.1) is 0 Å². The second-order valence-electron chi connectivity index (χ2n) is 5.55. The number of hydrogen-bond acceptors (Lipinski definition) is 2. The van der Waals surface area contributed by atoms with Crippen molar-refractivity contribution in [1.82, 2.24) is 5.32 Å². The maximum Gasteiger partial charge on any atom is 0.0580 e. The molecule has 0 heterocycles. The average Bonchev–Trinajstić information content (AvgIpc) is 2.15. The van der Waals surface area contributed by atoms with Gasteiger partial charge >= 0.3 is 0 Å². The molecule has 1 fully saturated rings. The van der Waals surface area contributed by atoms with Crippen LogP contribution in [0.2, 0.25) is 0 Å². The van der Waals surface area contributed by atoms with Crippen molar-refractivity contribution in [1.29, 1.82) is 0 Å². The maximum atomic E-state index is 9.82. The minimum atomic E-state index is -0.0579. The molecule has 3 unspecified atom stereocenters. The first-order valence-corrected chi connectivity index (χ1v) is 6.51. The van der Waals surface area contributed by atoms with Crippen LogP contribution in [0.1, 0.15) is 52.9 Å². The number of aliphatic hydroxyl groups excluding tert-OH is 1. The fourth-order valence-electron chi connectivity index (χ4n) is 2.57. The Morgan fingerprint density at radius 2 is 1.87 bits per heavy atom. The van der Waals surface area contributed by atoms with Gasteiger partial charge in [-0.25, -0.2) is 0 Å². The van der Waals surface area contributed by atoms with Gasteiger partial charge in [-0.3, -0.25) is 0 Å². The van der Waals surface area contributed by atoms with E-state index >= 15 is 0 Å². The van der Waals surface area contributed by atoms with Crippen LogP contribution in [-0.2, 0) is 0 Å². The van der Waals surface area contributed by atoms with E-state index in [0.29, 0.717) is 12.0 Å². The topological polar surface area (TPSA) is 32.3 Å². The summed E-state index contributed by atoms with van der Waals surface area (Å²) in [5, 5.41) is 13.4. The van der Waals surface area contributed by atoms with Crippen LogP contribution in [0.4, 0.5) is 0 Å². The molecule has 0 spiro atoms. The van der Waals surface area contributed by atoms with Crippen LogP contribution in [0.15, 0.2) is 0 Å². The second-order valence-corrected chi connectivity index (χ2v) is 5.55. The first-order valence-electron chi connectivity index (χ1n) is 6.51. The van der Waals surface area contributed by atoms with E-state index in [1.54, 1.807) is 0 Å². The lowest BCUT2D eigenvalue weighted by Crippen LogP contribution is -2.38. The summed E-state index contributed by atoms with van der Waals surface area (Å²) in [6.45, 7) is 7.76. The zero-order valence-corrected chi connectivity index (χ0v) is 10.5. The van der Waals surface area contributed by atoms with Crippen LogP contribution in [0.5, 0.6) is 0 Å². The normalized spacial score (nSPS) is 29.4. The predicted molar refractivity (Wildman–Crippen MR) is 64.9 cm³/mol. The molecule has 0 saturated heterocycles. The Hall–Kier alpha value is -0.0800. The Bertz CT molecular complexity index is 170. The first kappa shape index (κ1) is 13.0. The third kappa shape index (κ3) is 4.98. The molecule has 0 aromatic heterocycles. The summed E-state index contributed by atoms with van der Waals surface area (Å²) >= 11 is 0. The van der Waals surface area contributed by atoms with Crippen LogP contribution >= 0.6 is 0 Å². The van der Waals surface area contributed by atoms with Gasteiger partial charge in [-0.2, -0.15) is 0 Å². The molecule has 2 heteroatoms. The first-order chi connectivity index (χ1) is 7.09. The van der Waals surface area contributed by atoms with Crippen molar-refractivity contribution in [3.63, 3.8) is 0 Å². The monoisotopic (exact) mass is 213 g/mol. The summed E-state index contributed by atoms with van der Waals surface area (Å²) in [6, 6.07) is 0.583. The summed E-state index contributed by atoms with van der Waals surface area (Å²) in [6.07, 6.45) is 5.87. The SMILES string of the molecule is CC(C)CC(C)NCC1CCCCC1O. The van der Waals surface area contributed by atoms with Crippen LogP contribution in [0, 0.1) is 11.8 Å². The Morgan fingerprint density at radius 1 is 1.20 bits per heavy atom. The lowest BCUT2D eigenvalue weighted by molar-refractivity contribution is 0.0680. The third-order valence-corrected chi connectivity index (χ3v) is 3.42. The van der Waals surface area contributed by atoms with E-state index in [2.05, 4.69) is 26.1 Å². The highest BCUT2D eigenvalue weighted by Crippen LogP contribution is 2.23. The summed E-state index contributed by atoms with van der Waals surface area (Å²) < 4.78 is 0. The molecule has 0 radical (unpaired) electrons. The molecule has 0 aliphatic heterocycles. The standard InChI is InChI=1S/C13H27NO/c1-10(2)8-11(3)14-9-12-6-4-5-7-13(12)15/h10-15H,4-9H2,1-3H3. The Morgan fingerprint density at radius 3 is 2.47 bits per heavy atom. The smallest absolute Gasteiger partial charge is 0.0580 e. The van der Waals surface area contributed by atoms with Crippen LogP contribution < -0.4 is 5.32 Å². The van der Waals surface area contributed by atoms with Gasteiger partial charge in [-0.1, -0.05) is 26.7 Å². The lowest BCUT2D eigenvalue weighted by atomic mass is 9.86. The molecule has 2 nitrogen and oxygen atoms in total. The fourth-order valence-corrected chi connectivity index (χ4v) is 2.57. The molecule has 0 aromatic carbocycles. The van der Waals surface area contributed by atoms with Crippen molar-refractivity contribution in [2.75, 3.05) is 6.54 Å². The van der Waals surface area contributed by atoms with Gasteiger partial charge in [0.15, 0.2) is 0 Å². The number of aliphatic hydroxyl groups is 1. The van der Waals surface area contributed by atoms with Gasteiger partial charge in [0, 0.05) is 12.6 Å². The van der Waals surface area contributed by atoms with Crippen molar-refractivity contribution in [3.8, 4) is 0 Å². The summed E-state index contributed by atoms with van der Waals surface area (Å²) in [5.74, 6) is 1.25. The van der Waals surface area contributed by atoms with Crippen LogP contribution in [0.25, 0.3) is 0 Å². The quantitative estimate of drug-likeness (QED) is 0.735. The molecule has 1 aliphatic carbocycles. The highest BCUT2D eigenvalue weighted by Gasteiger charge is 2.22. The van der Waals surface area contributed by atoms with Crippen LogP contribution in [0.3, 0.4) is 0 Å². The van der Waals surface area contributed by atoms with Gasteiger partial charge in [0.05, 0.1) is 6.10 Å². The average molecular weight is 213 g/mol. The molecule has 0 bridgehead atoms. The third-order valence-electron chi connectivity index (χ3n) is 3.42. The van der Waals surface area contributed by atoms with E-state index in [-0.39, 0.29) is 6.10 Å². The van der Waals surface area contributed by atoms with Gasteiger partial charge < -0.3 is 10.4 Å². The Kier molecular flexibility index (Phi) is 5.62. The lowest BCUT2D eigenvalue weighted by Gasteiger charge is -2.29. The van der Waals surface area contributed by atoms with Gasteiger partial charge in [-0.05, 0) is 38.0 Å². The van der Waals surface area contributed by atoms with E-state index in [1.165, 1.54) is 25.7 Å². The minimum absolute atomic E-state index is 0.0579. The zero-order valence-electron chi connectivity index (χ0n) is 10.5. The number of nitrogens with one attached hydrogen (secondary N) is 1. The number of rotatable bonds is 5. The Labute approximate surface area is 94.5 Å². The second kappa shape index (κ2) is 6.49. The molecule has 3 atom stereocenters. The maximum absolute atomic E-state index is 9.82. The van der Waals surface area contributed by atoms with Gasteiger partial charge in [0.25, 0.3) is 0 Å².